The van der Waals surface area contributed by atoms with Crippen molar-refractivity contribution in [3.8, 4) is 5.75 Å². The number of hydrogen-bond donors (Lipinski definition) is 1. The lowest BCUT2D eigenvalue weighted by atomic mass is 10.2. The number of benzene rings is 1. The number of para-hydroxylation sites is 1. The molecule has 0 saturated carbocycles. The smallest absolute Gasteiger partial charge is 0.300 e. The maximum absolute atomic E-state index is 11.8. The molecule has 6 heteroatoms. The SMILES string of the molecule is CNCc1ccccc1OCC(=O)n1oc(C)cc1=O. The van der Waals surface area contributed by atoms with Crippen LogP contribution in [-0.4, -0.2) is 24.3 Å². The van der Waals surface area contributed by atoms with E-state index < -0.39 is 11.5 Å². The van der Waals surface area contributed by atoms with Gasteiger partial charge in [-0.2, -0.15) is 0 Å². The Hall–Kier alpha value is -2.34. The number of ether oxygens (including phenoxy) is 1. The molecule has 0 radical (unpaired) electrons. The molecule has 106 valence electrons. The van der Waals surface area contributed by atoms with Crippen molar-refractivity contribution < 1.29 is 14.1 Å². The monoisotopic (exact) mass is 276 g/mol. The molecule has 0 atom stereocenters. The van der Waals surface area contributed by atoms with Gasteiger partial charge in [-0.25, -0.2) is 0 Å². The summed E-state index contributed by atoms with van der Waals surface area (Å²) in [7, 11) is 1.83. The number of aryl methyl sites for hydroxylation is 1. The lowest BCUT2D eigenvalue weighted by Crippen LogP contribution is -2.27. The zero-order chi connectivity index (χ0) is 14.5. The van der Waals surface area contributed by atoms with Crippen LogP contribution in [-0.2, 0) is 6.54 Å². The molecule has 0 saturated heterocycles. The second-order valence-electron chi connectivity index (χ2n) is 4.30. The van der Waals surface area contributed by atoms with Crippen LogP contribution in [0, 0.1) is 6.92 Å². The van der Waals surface area contributed by atoms with E-state index in [0.29, 0.717) is 22.8 Å². The molecule has 6 nitrogen and oxygen atoms in total. The molecular weight excluding hydrogens is 260 g/mol. The molecule has 1 aromatic heterocycles. The molecule has 0 amide bonds. The minimum absolute atomic E-state index is 0.256. The number of nitrogens with zero attached hydrogens (tertiary/aromatic N) is 1. The Kier molecular flexibility index (Phi) is 4.37. The van der Waals surface area contributed by atoms with Gasteiger partial charge in [0.1, 0.15) is 11.5 Å². The summed E-state index contributed by atoms with van der Waals surface area (Å²) in [6.07, 6.45) is 0. The molecular formula is C14H16N2O4. The maximum Gasteiger partial charge on any atom is 0.300 e. The minimum Gasteiger partial charge on any atom is -0.483 e. The Morgan fingerprint density at radius 3 is 2.80 bits per heavy atom. The molecule has 0 unspecified atom stereocenters. The first-order valence-corrected chi connectivity index (χ1v) is 6.20. The Balaban J connectivity index is 2.07. The van der Waals surface area contributed by atoms with Gasteiger partial charge in [-0.1, -0.05) is 22.9 Å². The summed E-state index contributed by atoms with van der Waals surface area (Å²) in [5.74, 6) is 0.452. The van der Waals surface area contributed by atoms with Gasteiger partial charge in [0, 0.05) is 18.2 Å². The van der Waals surface area contributed by atoms with Crippen LogP contribution in [0.4, 0.5) is 0 Å². The van der Waals surface area contributed by atoms with Crippen LogP contribution < -0.4 is 15.6 Å². The molecule has 1 N–H and O–H groups in total. The van der Waals surface area contributed by atoms with Crippen LogP contribution in [0.2, 0.25) is 0 Å². The fraction of sp³-hybridized carbons (Fsp3) is 0.286. The van der Waals surface area contributed by atoms with Crippen LogP contribution in [0.5, 0.6) is 5.75 Å². The number of rotatable bonds is 5. The van der Waals surface area contributed by atoms with E-state index in [0.717, 1.165) is 5.56 Å². The van der Waals surface area contributed by atoms with E-state index in [1.165, 1.54) is 6.07 Å². The van der Waals surface area contributed by atoms with E-state index >= 15 is 0 Å². The number of aromatic nitrogens is 1. The fourth-order valence-electron chi connectivity index (χ4n) is 1.80. The van der Waals surface area contributed by atoms with Crippen molar-refractivity contribution >= 4 is 5.91 Å². The average molecular weight is 276 g/mol. The zero-order valence-corrected chi connectivity index (χ0v) is 11.4. The van der Waals surface area contributed by atoms with E-state index in [9.17, 15) is 9.59 Å². The second kappa shape index (κ2) is 6.21. The van der Waals surface area contributed by atoms with Crippen molar-refractivity contribution in [2.24, 2.45) is 0 Å². The Bertz CT molecular complexity index is 657. The van der Waals surface area contributed by atoms with Crippen molar-refractivity contribution in [1.29, 1.82) is 0 Å². The number of nitrogens with one attached hydrogen (secondary N) is 1. The van der Waals surface area contributed by atoms with Gasteiger partial charge in [-0.15, -0.1) is 0 Å². The first-order valence-electron chi connectivity index (χ1n) is 6.20. The number of carbonyl (C=O) groups is 1. The van der Waals surface area contributed by atoms with E-state index in [4.69, 9.17) is 9.26 Å². The highest BCUT2D eigenvalue weighted by atomic mass is 16.5. The summed E-state index contributed by atoms with van der Waals surface area (Å²) in [4.78, 5) is 23.3. The number of hydrogen-bond acceptors (Lipinski definition) is 5. The highest BCUT2D eigenvalue weighted by Gasteiger charge is 2.13. The fourth-order valence-corrected chi connectivity index (χ4v) is 1.80. The maximum atomic E-state index is 11.8. The first kappa shape index (κ1) is 14.1. The largest absolute Gasteiger partial charge is 0.483 e. The van der Waals surface area contributed by atoms with E-state index in [1.54, 1.807) is 13.0 Å². The molecule has 1 aromatic carbocycles. The van der Waals surface area contributed by atoms with Crippen molar-refractivity contribution in [2.75, 3.05) is 13.7 Å². The Morgan fingerprint density at radius 1 is 1.40 bits per heavy atom. The summed E-state index contributed by atoms with van der Waals surface area (Å²) in [6.45, 7) is 1.98. The van der Waals surface area contributed by atoms with Crippen molar-refractivity contribution in [2.45, 2.75) is 13.5 Å². The van der Waals surface area contributed by atoms with Crippen molar-refractivity contribution in [3.05, 3.63) is 52.0 Å². The highest BCUT2D eigenvalue weighted by molar-refractivity contribution is 5.78. The van der Waals surface area contributed by atoms with E-state index in [2.05, 4.69) is 5.32 Å². The van der Waals surface area contributed by atoms with Crippen LogP contribution in [0.1, 0.15) is 16.1 Å². The van der Waals surface area contributed by atoms with Gasteiger partial charge in [0.15, 0.2) is 6.61 Å². The predicted molar refractivity (Wildman–Crippen MR) is 73.0 cm³/mol. The molecule has 20 heavy (non-hydrogen) atoms. The summed E-state index contributed by atoms with van der Waals surface area (Å²) in [5.41, 5.74) is 0.449. The van der Waals surface area contributed by atoms with Gasteiger partial charge in [0.05, 0.1) is 0 Å². The lowest BCUT2D eigenvalue weighted by Gasteiger charge is -2.10. The Labute approximate surface area is 115 Å². The third-order valence-electron chi connectivity index (χ3n) is 2.68. The predicted octanol–water partition coefficient (Wildman–Crippen LogP) is 1.19. The first-order chi connectivity index (χ1) is 9.61. The second-order valence-corrected chi connectivity index (χ2v) is 4.30. The van der Waals surface area contributed by atoms with Crippen LogP contribution in [0.15, 0.2) is 39.6 Å². The third kappa shape index (κ3) is 3.16. The van der Waals surface area contributed by atoms with Crippen LogP contribution >= 0.6 is 0 Å². The van der Waals surface area contributed by atoms with Crippen LogP contribution in [0.25, 0.3) is 0 Å². The van der Waals surface area contributed by atoms with Crippen molar-refractivity contribution in [1.82, 2.24) is 10.1 Å². The molecule has 0 fully saturated rings. The molecule has 1 heterocycles. The molecule has 0 aliphatic rings. The van der Waals surface area contributed by atoms with E-state index in [1.807, 2.05) is 25.2 Å². The topological polar surface area (TPSA) is 73.5 Å². The van der Waals surface area contributed by atoms with Gasteiger partial charge < -0.3 is 14.6 Å². The standard InChI is InChI=1S/C14H16N2O4/c1-10-7-13(17)16(20-10)14(18)9-19-12-6-4-3-5-11(12)8-15-2/h3-7,15H,8-9H2,1-2H3. The minimum atomic E-state index is -0.539. The summed E-state index contributed by atoms with van der Waals surface area (Å²) >= 11 is 0. The molecule has 0 spiro atoms. The summed E-state index contributed by atoms with van der Waals surface area (Å²) in [5, 5.41) is 3.02. The van der Waals surface area contributed by atoms with Gasteiger partial charge in [-0.05, 0) is 20.0 Å². The quantitative estimate of drug-likeness (QED) is 0.888. The molecule has 0 aliphatic heterocycles. The summed E-state index contributed by atoms with van der Waals surface area (Å²) in [6, 6.07) is 8.65. The van der Waals surface area contributed by atoms with Gasteiger partial charge in [0.25, 0.3) is 5.56 Å². The summed E-state index contributed by atoms with van der Waals surface area (Å²) < 4.78 is 11.2. The molecule has 0 aliphatic carbocycles. The third-order valence-corrected chi connectivity index (χ3v) is 2.68. The molecule has 2 aromatic rings. The lowest BCUT2D eigenvalue weighted by molar-refractivity contribution is 0.0702. The molecule has 2 rings (SSSR count). The zero-order valence-electron chi connectivity index (χ0n) is 11.4. The Morgan fingerprint density at radius 2 is 2.15 bits per heavy atom. The number of carbonyl (C=O) groups excluding carboxylic acids is 1. The van der Waals surface area contributed by atoms with Crippen molar-refractivity contribution in [3.63, 3.8) is 0 Å². The van der Waals surface area contributed by atoms with Gasteiger partial charge in [-0.3, -0.25) is 9.59 Å². The average Bonchev–Trinajstić information content (AvgIpc) is 2.77. The van der Waals surface area contributed by atoms with Crippen LogP contribution in [0.3, 0.4) is 0 Å². The molecule has 0 bridgehead atoms. The van der Waals surface area contributed by atoms with Gasteiger partial charge in [0.2, 0.25) is 0 Å². The van der Waals surface area contributed by atoms with E-state index in [-0.39, 0.29) is 6.61 Å². The highest BCUT2D eigenvalue weighted by Crippen LogP contribution is 2.17. The van der Waals surface area contributed by atoms with Gasteiger partial charge >= 0.3 is 5.91 Å². The normalized spacial score (nSPS) is 10.5.